The lowest BCUT2D eigenvalue weighted by Gasteiger charge is -2.29. The van der Waals surface area contributed by atoms with E-state index in [1.54, 1.807) is 0 Å². The normalized spacial score (nSPS) is 16.4. The smallest absolute Gasteiger partial charge is 0.343 e. The van der Waals surface area contributed by atoms with Crippen LogP contribution >= 0.6 is 15.9 Å². The molecular weight excluding hydrogens is 1240 g/mol. The van der Waals surface area contributed by atoms with Gasteiger partial charge in [0.05, 0.1) is 47.2 Å². The summed E-state index contributed by atoms with van der Waals surface area (Å²) in [5.41, 5.74) is -2.35. The van der Waals surface area contributed by atoms with Gasteiger partial charge in [0.15, 0.2) is 29.5 Å². The van der Waals surface area contributed by atoms with Crippen LogP contribution in [-0.4, -0.2) is 165 Å². The van der Waals surface area contributed by atoms with Crippen molar-refractivity contribution in [3.63, 3.8) is 0 Å². The zero-order valence-corrected chi connectivity index (χ0v) is 47.9. The number of nitrogens with zero attached hydrogens (tertiary/aromatic N) is 6. The maximum absolute atomic E-state index is 15.0. The number of methoxy groups -OCH3 is 1. The highest BCUT2D eigenvalue weighted by Crippen LogP contribution is 2.27. The number of esters is 1. The Bertz CT molecular complexity index is 3890. The first-order valence-electron chi connectivity index (χ1n) is 24.4. The molecule has 6 heterocycles. The maximum Gasteiger partial charge on any atom is 0.343 e. The predicted octanol–water partition coefficient (Wildman–Crippen LogP) is 2.75. The lowest BCUT2D eigenvalue weighted by atomic mass is 10.1. The van der Waals surface area contributed by atoms with E-state index in [0.29, 0.717) is 35.9 Å². The molecule has 0 radical (unpaired) electrons. The number of hydrogen-bond donors (Lipinski definition) is 4. The number of carboxylic acid groups (broad SMARTS) is 2. The quantitative estimate of drug-likeness (QED) is 0.113. The molecule has 448 valence electrons. The maximum atomic E-state index is 15.0. The number of hydrogen-bond acceptors (Lipinski definition) is 17. The van der Waals surface area contributed by atoms with Crippen molar-refractivity contribution in [2.24, 2.45) is 14.1 Å². The van der Waals surface area contributed by atoms with Gasteiger partial charge in [0.1, 0.15) is 63.3 Å². The van der Waals surface area contributed by atoms with E-state index in [1.165, 1.54) is 63.6 Å². The van der Waals surface area contributed by atoms with Crippen LogP contribution in [0, 0.1) is 34.9 Å². The topological polar surface area (TPSA) is 312 Å². The van der Waals surface area contributed by atoms with Gasteiger partial charge in [0, 0.05) is 105 Å². The third-order valence-electron chi connectivity index (χ3n) is 12.9. The molecule has 3 saturated heterocycles. The highest BCUT2D eigenvalue weighted by molar-refractivity contribution is 9.10. The summed E-state index contributed by atoms with van der Waals surface area (Å²) in [5.74, 6) is -12.1. The van der Waals surface area contributed by atoms with E-state index in [2.05, 4.69) is 36.3 Å². The van der Waals surface area contributed by atoms with E-state index in [-0.39, 0.29) is 82.7 Å². The highest BCUT2D eigenvalue weighted by Gasteiger charge is 2.30. The van der Waals surface area contributed by atoms with E-state index in [1.807, 2.05) is 0 Å². The van der Waals surface area contributed by atoms with E-state index < -0.39 is 122 Å². The van der Waals surface area contributed by atoms with E-state index in [0.717, 1.165) is 48.1 Å². The monoisotopic (exact) mass is 1290 g/mol. The third-order valence-corrected chi connectivity index (χ3v) is 18.2. The number of rotatable bonds is 10. The summed E-state index contributed by atoms with van der Waals surface area (Å²) in [7, 11) is -5.08. The summed E-state index contributed by atoms with van der Waals surface area (Å²) < 4.78 is 158. The molecule has 3 aromatic carbocycles. The van der Waals surface area contributed by atoms with Gasteiger partial charge in [-0.25, -0.2) is 75.8 Å². The second kappa shape index (κ2) is 26.7. The Hall–Kier alpha value is -7.62. The number of benzene rings is 3. The number of halogens is 7. The fourth-order valence-electron chi connectivity index (χ4n) is 8.45. The Morgan fingerprint density at radius 1 is 0.687 bits per heavy atom. The lowest BCUT2D eigenvalue weighted by Crippen LogP contribution is -2.43. The van der Waals surface area contributed by atoms with Gasteiger partial charge in [-0.3, -0.25) is 14.2 Å². The van der Waals surface area contributed by atoms with Crippen LogP contribution in [0.2, 0.25) is 0 Å². The summed E-state index contributed by atoms with van der Waals surface area (Å²) in [6, 6.07) is 7.06. The van der Waals surface area contributed by atoms with Crippen molar-refractivity contribution in [3.8, 4) is 11.1 Å². The lowest BCUT2D eigenvalue weighted by molar-refractivity contribution is -0.139. The first kappa shape index (κ1) is 64.5. The minimum absolute atomic E-state index is 0.0341. The number of ether oxygens (including phenoxy) is 1. The van der Waals surface area contributed by atoms with E-state index in [9.17, 15) is 85.5 Å². The average molecular weight is 1290 g/mol. The minimum Gasteiger partial charge on any atom is -0.480 e. The Labute approximate surface area is 477 Å². The molecule has 9 rings (SSSR count). The summed E-state index contributed by atoms with van der Waals surface area (Å²) >= 11 is 2.89. The van der Waals surface area contributed by atoms with Crippen LogP contribution in [0.3, 0.4) is 0 Å². The zero-order valence-electron chi connectivity index (χ0n) is 43.9. The molecule has 1 amide bonds. The molecule has 0 bridgehead atoms. The number of fused-ring (bicyclic) bond motifs is 1. The third kappa shape index (κ3) is 16.1. The van der Waals surface area contributed by atoms with Gasteiger partial charge >= 0.3 is 23.6 Å². The molecule has 0 aliphatic carbocycles. The van der Waals surface area contributed by atoms with Gasteiger partial charge in [-0.05, 0) is 48.5 Å². The fourth-order valence-corrected chi connectivity index (χ4v) is 12.4. The number of imidazole rings is 1. The molecule has 3 aromatic heterocycles. The number of amides is 1. The largest absolute Gasteiger partial charge is 0.480 e. The number of carboxylic acids is 2. The number of aromatic carboxylic acids is 1. The van der Waals surface area contributed by atoms with Crippen molar-refractivity contribution in [2.75, 3.05) is 90.7 Å². The van der Waals surface area contributed by atoms with Crippen LogP contribution in [0.15, 0.2) is 81.2 Å². The number of carbonyl (C=O) groups is 4. The second-order valence-corrected chi connectivity index (χ2v) is 26.3. The average Bonchev–Trinajstić information content (AvgIpc) is 3.93. The summed E-state index contributed by atoms with van der Waals surface area (Å²) in [4.78, 5) is 78.7. The molecule has 3 aliphatic heterocycles. The van der Waals surface area contributed by atoms with Gasteiger partial charge in [0.25, 0.3) is 11.5 Å². The molecule has 1 atom stereocenters. The summed E-state index contributed by atoms with van der Waals surface area (Å²) in [6.07, 6.45) is 4.00. The Kier molecular flexibility index (Phi) is 20.8. The second-order valence-electron chi connectivity index (χ2n) is 18.5. The predicted molar refractivity (Wildman–Crippen MR) is 292 cm³/mol. The number of carbonyl (C=O) groups excluding carboxylic acids is 2. The number of pyridine rings is 1. The van der Waals surface area contributed by atoms with Crippen molar-refractivity contribution in [3.05, 3.63) is 150 Å². The van der Waals surface area contributed by atoms with Crippen LogP contribution in [0.25, 0.3) is 16.8 Å². The SMILES string of the molecule is COC(=O)c1c(F)cc(Br)cc1F.Cn1cc(-c2ccc(C[C@H](NC(=O)c3c(F)cc(N4CCS(=O)(=O)CC4)cc3F)C(=O)O)n3ccnc23)c(=O)n(C)c1=O.O=C(O)c1c(F)cc(N2CCS(=O)(=O)CC2)cc1F.O=S1(=O)CCNCC1. The zero-order chi connectivity index (χ0) is 61.5. The fraction of sp³-hybridized carbons (Fsp3) is 0.340. The molecule has 3 fully saturated rings. The molecule has 23 nitrogen and oxygen atoms in total. The van der Waals surface area contributed by atoms with Crippen LogP contribution in [-0.2, 0) is 59.6 Å². The first-order chi connectivity index (χ1) is 38.8. The van der Waals surface area contributed by atoms with Crippen molar-refractivity contribution in [2.45, 2.75) is 12.5 Å². The molecule has 4 N–H and O–H groups in total. The van der Waals surface area contributed by atoms with Crippen molar-refractivity contribution in [1.82, 2.24) is 29.2 Å². The van der Waals surface area contributed by atoms with Crippen molar-refractivity contribution >= 4 is 86.3 Å². The number of aliphatic carboxylic acids is 1. The number of aromatic nitrogens is 4. The van der Waals surface area contributed by atoms with Gasteiger partial charge in [-0.2, -0.15) is 0 Å². The van der Waals surface area contributed by atoms with E-state index >= 15 is 0 Å². The van der Waals surface area contributed by atoms with Crippen molar-refractivity contribution in [1.29, 1.82) is 0 Å². The minimum atomic E-state index is -3.23. The molecular formula is C50H51BrF6N8O15S3. The highest BCUT2D eigenvalue weighted by atomic mass is 79.9. The van der Waals surface area contributed by atoms with E-state index in [4.69, 9.17) is 5.11 Å². The molecule has 3 aliphatic rings. The molecule has 6 aromatic rings. The molecule has 0 saturated carbocycles. The molecule has 0 spiro atoms. The summed E-state index contributed by atoms with van der Waals surface area (Å²) in [6.45, 7) is 1.59. The molecule has 83 heavy (non-hydrogen) atoms. The number of nitrogens with one attached hydrogen (secondary N) is 2. The number of anilines is 2. The van der Waals surface area contributed by atoms with Crippen LogP contribution in [0.1, 0.15) is 36.8 Å². The van der Waals surface area contributed by atoms with Crippen molar-refractivity contribution < 1.29 is 85.7 Å². The molecule has 33 heteroatoms. The number of aryl methyl sites for hydroxylation is 1. The van der Waals surface area contributed by atoms with Gasteiger partial charge in [-0.1, -0.05) is 15.9 Å². The Balaban J connectivity index is 0.000000224. The Morgan fingerprint density at radius 2 is 1.14 bits per heavy atom. The van der Waals surface area contributed by atoms with Crippen LogP contribution in [0.4, 0.5) is 37.7 Å². The number of sulfone groups is 3. The van der Waals surface area contributed by atoms with Gasteiger partial charge < -0.3 is 44.4 Å². The molecule has 0 unspecified atom stereocenters. The van der Waals surface area contributed by atoms with Crippen LogP contribution < -0.4 is 31.7 Å². The first-order valence-corrected chi connectivity index (χ1v) is 30.6. The van der Waals surface area contributed by atoms with Gasteiger partial charge in [0.2, 0.25) is 0 Å². The summed E-state index contributed by atoms with van der Waals surface area (Å²) in [5, 5.41) is 23.6. The van der Waals surface area contributed by atoms with Gasteiger partial charge in [-0.15, -0.1) is 0 Å². The Morgan fingerprint density at radius 3 is 1.58 bits per heavy atom. The van der Waals surface area contributed by atoms with Crippen LogP contribution in [0.5, 0.6) is 0 Å². The standard InChI is InChI=1S/C27H26F2N6O7S.C11H11F2NO4S.C8H5BrF2O2.C4H9NO2S/c1-32-14-18(25(37)33(2)27(32)40)17-4-3-15(35-6-5-30-23(17)35)13-21(26(38)39)31-24(36)22-19(28)11-16(12-20(22)29)34-7-9-43(41,42)10-8-34;12-8-5-7(6-9(13)10(8)11(15)16)14-1-3-19(17,18)4-2-14;1-13-8(12)7-5(10)2-4(9)3-6(7)11;6-8(7)3-1-5-2-4-8/h3-6,11-12,14,21H,7-10,13H2,1-2H3,(H,31,36)(H,38,39);5-6H,1-4H2,(H,15,16);2-3H,1H3;5H,1-4H2/t21-;;;/m0.../s1.